The molecule has 4 rings (SSSR count). The first-order valence-corrected chi connectivity index (χ1v) is 15.0. The molecule has 0 spiro atoms. The van der Waals surface area contributed by atoms with E-state index in [1.807, 2.05) is 43.0 Å². The monoisotopic (exact) mass is 545 g/mol. The molecule has 0 aromatic heterocycles. The van der Waals surface area contributed by atoms with E-state index in [0.29, 0.717) is 24.7 Å². The van der Waals surface area contributed by atoms with Crippen LogP contribution in [0.2, 0.25) is 5.02 Å². The largest absolute Gasteiger partial charge is 0.395 e. The van der Waals surface area contributed by atoms with Gasteiger partial charge in [-0.2, -0.15) is 0 Å². The van der Waals surface area contributed by atoms with Crippen LogP contribution in [0.3, 0.4) is 0 Å². The standard InChI is InChI=1S/C31H48ClN3O3/c1-29(2,3)34-19-17-31(21-34,23-12-14-24(32)15-13-23)28(38)33-18-16-26(20-33)35(27(37)30(4,5)22-36)25-10-8-6-7-9-11-25/h12-15,25-26,36H,6-11,16-22H2,1-5H3/t26-,31+/m0/s1. The van der Waals surface area contributed by atoms with Crippen molar-refractivity contribution in [2.24, 2.45) is 5.41 Å². The highest BCUT2D eigenvalue weighted by Gasteiger charge is 2.51. The number of halogens is 1. The van der Waals surface area contributed by atoms with Crippen LogP contribution in [-0.4, -0.2) is 82.0 Å². The first kappa shape index (κ1) is 29.4. The molecule has 0 radical (unpaired) electrons. The molecule has 0 bridgehead atoms. The Kier molecular flexibility index (Phi) is 8.86. The van der Waals surface area contributed by atoms with Gasteiger partial charge in [0.25, 0.3) is 0 Å². The molecule has 2 saturated heterocycles. The highest BCUT2D eigenvalue weighted by atomic mass is 35.5. The maximum atomic E-state index is 14.5. The van der Waals surface area contributed by atoms with Crippen molar-refractivity contribution in [3.8, 4) is 0 Å². The number of carbonyl (C=O) groups is 2. The molecule has 7 heteroatoms. The van der Waals surface area contributed by atoms with Crippen molar-refractivity contribution in [2.45, 2.75) is 109 Å². The summed E-state index contributed by atoms with van der Waals surface area (Å²) in [5.74, 6) is 0.196. The minimum absolute atomic E-state index is 0.0113. The van der Waals surface area contributed by atoms with Crippen LogP contribution in [0.4, 0.5) is 0 Å². The molecule has 0 unspecified atom stereocenters. The van der Waals surface area contributed by atoms with Crippen LogP contribution in [-0.2, 0) is 15.0 Å². The third kappa shape index (κ3) is 5.93. The Hall–Kier alpha value is -1.63. The SMILES string of the molecule is CC(C)(CO)C(=O)N(C1CCCCCC1)[C@H]1CCN(C(=O)[C@]2(c3ccc(Cl)cc3)CCN(C(C)(C)C)C2)C1. The van der Waals surface area contributed by atoms with Gasteiger partial charge in [-0.1, -0.05) is 49.4 Å². The number of hydrogen-bond donors (Lipinski definition) is 1. The maximum Gasteiger partial charge on any atom is 0.234 e. The number of benzene rings is 1. The van der Waals surface area contributed by atoms with Gasteiger partial charge in [-0.15, -0.1) is 0 Å². The van der Waals surface area contributed by atoms with Crippen LogP contribution in [0.5, 0.6) is 0 Å². The van der Waals surface area contributed by atoms with Crippen molar-refractivity contribution in [3.63, 3.8) is 0 Å². The van der Waals surface area contributed by atoms with Gasteiger partial charge in [-0.3, -0.25) is 14.5 Å². The van der Waals surface area contributed by atoms with Gasteiger partial charge in [0, 0.05) is 42.8 Å². The third-order valence-electron chi connectivity index (χ3n) is 9.29. The predicted octanol–water partition coefficient (Wildman–Crippen LogP) is 5.25. The van der Waals surface area contributed by atoms with E-state index >= 15 is 0 Å². The van der Waals surface area contributed by atoms with Crippen LogP contribution in [0.1, 0.15) is 91.5 Å². The smallest absolute Gasteiger partial charge is 0.234 e. The summed E-state index contributed by atoms with van der Waals surface area (Å²) < 4.78 is 0. The van der Waals surface area contributed by atoms with Crippen LogP contribution < -0.4 is 0 Å². The predicted molar refractivity (Wildman–Crippen MR) is 153 cm³/mol. The van der Waals surface area contributed by atoms with Crippen LogP contribution in [0.25, 0.3) is 0 Å². The van der Waals surface area contributed by atoms with Crippen LogP contribution >= 0.6 is 11.6 Å². The summed E-state index contributed by atoms with van der Waals surface area (Å²) in [5.41, 5.74) is -0.442. The van der Waals surface area contributed by atoms with Gasteiger partial charge < -0.3 is 14.9 Å². The molecule has 1 N–H and O–H groups in total. The Morgan fingerprint density at radius 1 is 0.974 bits per heavy atom. The molecule has 212 valence electrons. The number of hydrogen-bond acceptors (Lipinski definition) is 4. The van der Waals surface area contributed by atoms with Crippen molar-refractivity contribution in [3.05, 3.63) is 34.9 Å². The third-order valence-corrected chi connectivity index (χ3v) is 9.55. The Labute approximate surface area is 234 Å². The summed E-state index contributed by atoms with van der Waals surface area (Å²) in [6.07, 6.45) is 8.26. The van der Waals surface area contributed by atoms with Crippen molar-refractivity contribution in [2.75, 3.05) is 32.8 Å². The maximum absolute atomic E-state index is 14.5. The quantitative estimate of drug-likeness (QED) is 0.496. The zero-order valence-corrected chi connectivity index (χ0v) is 24.9. The summed E-state index contributed by atoms with van der Waals surface area (Å²) in [6.45, 7) is 12.9. The summed E-state index contributed by atoms with van der Waals surface area (Å²) in [4.78, 5) is 34.8. The van der Waals surface area contributed by atoms with Crippen LogP contribution in [0.15, 0.2) is 24.3 Å². The molecule has 1 aromatic rings. The summed E-state index contributed by atoms with van der Waals surface area (Å²) in [5, 5.41) is 10.7. The molecule has 2 aliphatic heterocycles. The number of aliphatic hydroxyl groups excluding tert-OH is 1. The summed E-state index contributed by atoms with van der Waals surface area (Å²) in [6, 6.07) is 7.99. The first-order valence-electron chi connectivity index (χ1n) is 14.6. The fourth-order valence-electron chi connectivity index (χ4n) is 6.72. The van der Waals surface area contributed by atoms with E-state index in [4.69, 9.17) is 11.6 Å². The van der Waals surface area contributed by atoms with E-state index in [9.17, 15) is 14.7 Å². The molecule has 3 aliphatic rings. The second-order valence-corrected chi connectivity index (χ2v) is 14.0. The zero-order chi connectivity index (χ0) is 27.7. The second-order valence-electron chi connectivity index (χ2n) is 13.5. The van der Waals surface area contributed by atoms with E-state index in [0.717, 1.165) is 50.6 Å². The number of carbonyl (C=O) groups excluding carboxylic acids is 2. The van der Waals surface area contributed by atoms with Gasteiger partial charge in [0.05, 0.1) is 23.5 Å². The Morgan fingerprint density at radius 3 is 2.16 bits per heavy atom. The van der Waals surface area contributed by atoms with Crippen molar-refractivity contribution < 1.29 is 14.7 Å². The fraction of sp³-hybridized carbons (Fsp3) is 0.742. The van der Waals surface area contributed by atoms with Gasteiger partial charge in [-0.25, -0.2) is 0 Å². The Morgan fingerprint density at radius 2 is 1.61 bits per heavy atom. The number of amides is 2. The van der Waals surface area contributed by atoms with E-state index < -0.39 is 10.8 Å². The molecule has 6 nitrogen and oxygen atoms in total. The molecule has 2 amide bonds. The molecule has 1 aromatic carbocycles. The van der Waals surface area contributed by atoms with Gasteiger partial charge in [0.2, 0.25) is 11.8 Å². The number of aliphatic hydroxyl groups is 1. The van der Waals surface area contributed by atoms with Crippen molar-refractivity contribution >= 4 is 23.4 Å². The van der Waals surface area contributed by atoms with Crippen LogP contribution in [0, 0.1) is 5.41 Å². The summed E-state index contributed by atoms with van der Waals surface area (Å²) in [7, 11) is 0. The average molecular weight is 546 g/mol. The molecule has 1 saturated carbocycles. The summed E-state index contributed by atoms with van der Waals surface area (Å²) >= 11 is 6.23. The van der Waals surface area contributed by atoms with E-state index in [2.05, 4.69) is 30.6 Å². The highest BCUT2D eigenvalue weighted by Crippen LogP contribution is 2.41. The van der Waals surface area contributed by atoms with E-state index in [1.54, 1.807) is 0 Å². The van der Waals surface area contributed by atoms with Crippen molar-refractivity contribution in [1.29, 1.82) is 0 Å². The Bertz CT molecular complexity index is 981. The van der Waals surface area contributed by atoms with Crippen molar-refractivity contribution in [1.82, 2.24) is 14.7 Å². The number of likely N-dealkylation sites (tertiary alicyclic amines) is 2. The molecule has 3 fully saturated rings. The van der Waals surface area contributed by atoms with E-state index in [1.165, 1.54) is 12.8 Å². The second kappa shape index (κ2) is 11.5. The molecule has 1 aliphatic carbocycles. The normalized spacial score (nSPS) is 26.0. The number of nitrogens with zero attached hydrogens (tertiary/aromatic N) is 3. The first-order chi connectivity index (χ1) is 17.9. The highest BCUT2D eigenvalue weighted by molar-refractivity contribution is 6.30. The lowest BCUT2D eigenvalue weighted by molar-refractivity contribution is -0.148. The van der Waals surface area contributed by atoms with Gasteiger partial charge in [-0.05, 0) is 78.0 Å². The molecule has 2 atom stereocenters. The lowest BCUT2D eigenvalue weighted by atomic mass is 9.78. The topological polar surface area (TPSA) is 64.1 Å². The molecule has 2 heterocycles. The van der Waals surface area contributed by atoms with Gasteiger partial charge in [0.15, 0.2) is 0 Å². The minimum atomic E-state index is -0.826. The van der Waals surface area contributed by atoms with E-state index in [-0.39, 0.29) is 36.0 Å². The lowest BCUT2D eigenvalue weighted by Gasteiger charge is -2.41. The minimum Gasteiger partial charge on any atom is -0.395 e. The van der Waals surface area contributed by atoms with Gasteiger partial charge in [0.1, 0.15) is 0 Å². The fourth-order valence-corrected chi connectivity index (χ4v) is 6.85. The zero-order valence-electron chi connectivity index (χ0n) is 24.1. The number of rotatable bonds is 6. The molecular weight excluding hydrogens is 498 g/mol. The van der Waals surface area contributed by atoms with Gasteiger partial charge >= 0.3 is 0 Å². The molecule has 38 heavy (non-hydrogen) atoms. The molecular formula is C31H48ClN3O3. The lowest BCUT2D eigenvalue weighted by Crippen LogP contribution is -2.55. The average Bonchev–Trinajstić information content (AvgIpc) is 3.47. The Balaban J connectivity index is 1.61.